The molecule has 4 aromatic rings. The molecule has 6 nitrogen and oxygen atoms in total. The molecule has 0 saturated heterocycles. The van der Waals surface area contributed by atoms with Crippen molar-refractivity contribution < 1.29 is 9.90 Å². The number of carboxylic acids is 1. The number of rotatable bonds is 3. The molecule has 0 unspecified atom stereocenters. The molecule has 0 radical (unpaired) electrons. The Labute approximate surface area is 131 Å². The van der Waals surface area contributed by atoms with Crippen LogP contribution in [-0.4, -0.2) is 30.8 Å². The van der Waals surface area contributed by atoms with Gasteiger partial charge in [0.1, 0.15) is 0 Å². The normalized spacial score (nSPS) is 11.3. The summed E-state index contributed by atoms with van der Waals surface area (Å²) < 4.78 is 1.84. The smallest absolute Gasteiger partial charge is 0.337 e. The van der Waals surface area contributed by atoms with Gasteiger partial charge in [0, 0.05) is 30.7 Å². The highest BCUT2D eigenvalue weighted by molar-refractivity contribution is 6.00. The predicted octanol–water partition coefficient (Wildman–Crippen LogP) is 2.74. The summed E-state index contributed by atoms with van der Waals surface area (Å²) in [6.07, 6.45) is 4.03. The Hall–Kier alpha value is -3.15. The number of hydrogen-bond acceptors (Lipinski definition) is 3. The average molecular weight is 306 g/mol. The fourth-order valence-corrected chi connectivity index (χ4v) is 2.87. The van der Waals surface area contributed by atoms with E-state index in [4.69, 9.17) is 0 Å². The number of aromatic nitrogens is 4. The van der Waals surface area contributed by atoms with E-state index < -0.39 is 5.97 Å². The zero-order chi connectivity index (χ0) is 16.0. The van der Waals surface area contributed by atoms with Gasteiger partial charge in [-0.3, -0.25) is 9.67 Å². The Morgan fingerprint density at radius 2 is 2.17 bits per heavy atom. The minimum absolute atomic E-state index is 0.239. The van der Waals surface area contributed by atoms with Crippen LogP contribution in [0, 0.1) is 0 Å². The van der Waals surface area contributed by atoms with Crippen LogP contribution in [0.1, 0.15) is 21.6 Å². The SMILES string of the molecule is Cn1ncc2ccc(Cc3cc4nccc(C(=O)O)c4[nH]3)cc21. The van der Waals surface area contributed by atoms with Crippen LogP contribution in [0.25, 0.3) is 21.9 Å². The maximum absolute atomic E-state index is 11.3. The number of H-pyrrole nitrogens is 1. The largest absolute Gasteiger partial charge is 0.478 e. The minimum atomic E-state index is -0.956. The number of carbonyl (C=O) groups is 1. The highest BCUT2D eigenvalue weighted by Gasteiger charge is 2.12. The summed E-state index contributed by atoms with van der Waals surface area (Å²) in [6.45, 7) is 0. The molecule has 0 aliphatic heterocycles. The molecule has 1 aromatic carbocycles. The highest BCUT2D eigenvalue weighted by atomic mass is 16.4. The second-order valence-corrected chi connectivity index (χ2v) is 5.56. The van der Waals surface area contributed by atoms with E-state index in [-0.39, 0.29) is 5.56 Å². The lowest BCUT2D eigenvalue weighted by Crippen LogP contribution is -1.98. The summed E-state index contributed by atoms with van der Waals surface area (Å²) in [5.41, 5.74) is 4.61. The van der Waals surface area contributed by atoms with E-state index in [0.29, 0.717) is 17.5 Å². The molecule has 4 rings (SSSR count). The molecular formula is C17H14N4O2. The third kappa shape index (κ3) is 2.24. The lowest BCUT2D eigenvalue weighted by molar-refractivity contribution is 0.0699. The second-order valence-electron chi connectivity index (χ2n) is 5.56. The fourth-order valence-electron chi connectivity index (χ4n) is 2.87. The van der Waals surface area contributed by atoms with Gasteiger partial charge in [0.15, 0.2) is 0 Å². The third-order valence-electron chi connectivity index (χ3n) is 4.02. The number of nitrogens with one attached hydrogen (secondary N) is 1. The predicted molar refractivity (Wildman–Crippen MR) is 86.6 cm³/mol. The van der Waals surface area contributed by atoms with Gasteiger partial charge in [-0.05, 0) is 23.8 Å². The Kier molecular flexibility index (Phi) is 2.90. The lowest BCUT2D eigenvalue weighted by atomic mass is 10.1. The number of aromatic amines is 1. The van der Waals surface area contributed by atoms with Crippen LogP contribution in [-0.2, 0) is 13.5 Å². The van der Waals surface area contributed by atoms with Gasteiger partial charge in [0.25, 0.3) is 0 Å². The number of aryl methyl sites for hydroxylation is 1. The van der Waals surface area contributed by atoms with Gasteiger partial charge < -0.3 is 10.1 Å². The van der Waals surface area contributed by atoms with Crippen LogP contribution in [0.4, 0.5) is 0 Å². The van der Waals surface area contributed by atoms with Crippen molar-refractivity contribution >= 4 is 27.9 Å². The van der Waals surface area contributed by atoms with E-state index in [1.807, 2.05) is 30.1 Å². The van der Waals surface area contributed by atoms with Crippen LogP contribution in [0.15, 0.2) is 42.7 Å². The summed E-state index contributed by atoms with van der Waals surface area (Å²) in [5, 5.41) is 14.6. The van der Waals surface area contributed by atoms with Crippen molar-refractivity contribution in [3.8, 4) is 0 Å². The summed E-state index contributed by atoms with van der Waals surface area (Å²) in [6, 6.07) is 9.60. The molecular weight excluding hydrogens is 292 g/mol. The van der Waals surface area contributed by atoms with Crippen LogP contribution in [0.5, 0.6) is 0 Å². The van der Waals surface area contributed by atoms with E-state index in [1.165, 1.54) is 12.3 Å². The van der Waals surface area contributed by atoms with Crippen molar-refractivity contribution in [2.75, 3.05) is 0 Å². The molecule has 0 atom stereocenters. The molecule has 114 valence electrons. The van der Waals surface area contributed by atoms with Gasteiger partial charge in [-0.2, -0.15) is 5.10 Å². The molecule has 0 aliphatic rings. The molecule has 0 fully saturated rings. The molecule has 0 saturated carbocycles. The summed E-state index contributed by atoms with van der Waals surface area (Å²) in [4.78, 5) is 18.7. The van der Waals surface area contributed by atoms with Crippen LogP contribution in [0.3, 0.4) is 0 Å². The second kappa shape index (κ2) is 4.95. The first kappa shape index (κ1) is 13.5. The average Bonchev–Trinajstić information content (AvgIpc) is 3.10. The molecule has 0 spiro atoms. The first-order valence-electron chi connectivity index (χ1n) is 7.22. The molecule has 0 bridgehead atoms. The summed E-state index contributed by atoms with van der Waals surface area (Å²) in [5.74, 6) is -0.956. The van der Waals surface area contributed by atoms with Crippen molar-refractivity contribution in [1.82, 2.24) is 19.7 Å². The molecule has 3 aromatic heterocycles. The monoisotopic (exact) mass is 306 g/mol. The van der Waals surface area contributed by atoms with E-state index in [2.05, 4.69) is 27.2 Å². The quantitative estimate of drug-likeness (QED) is 0.609. The molecule has 23 heavy (non-hydrogen) atoms. The standard InChI is InChI=1S/C17H14N4O2/c1-21-15-7-10(2-3-11(15)9-19-21)6-12-8-14-16(20-12)13(17(22)23)4-5-18-14/h2-5,7-9,20H,6H2,1H3,(H,22,23). The van der Waals surface area contributed by atoms with Crippen LogP contribution in [0.2, 0.25) is 0 Å². The molecule has 3 heterocycles. The Morgan fingerprint density at radius 1 is 1.30 bits per heavy atom. The number of fused-ring (bicyclic) bond motifs is 2. The van der Waals surface area contributed by atoms with Crippen molar-refractivity contribution in [2.45, 2.75) is 6.42 Å². The lowest BCUT2D eigenvalue weighted by Gasteiger charge is -2.01. The van der Waals surface area contributed by atoms with Crippen molar-refractivity contribution in [1.29, 1.82) is 0 Å². The maximum Gasteiger partial charge on any atom is 0.337 e. The van der Waals surface area contributed by atoms with E-state index >= 15 is 0 Å². The molecule has 0 aliphatic carbocycles. The zero-order valence-corrected chi connectivity index (χ0v) is 12.4. The Bertz CT molecular complexity index is 1050. The summed E-state index contributed by atoms with van der Waals surface area (Å²) in [7, 11) is 1.91. The van der Waals surface area contributed by atoms with Crippen molar-refractivity contribution in [2.24, 2.45) is 7.05 Å². The van der Waals surface area contributed by atoms with Gasteiger partial charge in [0.05, 0.1) is 28.3 Å². The van der Waals surface area contributed by atoms with E-state index in [9.17, 15) is 9.90 Å². The van der Waals surface area contributed by atoms with E-state index in [0.717, 1.165) is 22.2 Å². The topological polar surface area (TPSA) is 83.8 Å². The Morgan fingerprint density at radius 3 is 3.00 bits per heavy atom. The third-order valence-corrected chi connectivity index (χ3v) is 4.02. The van der Waals surface area contributed by atoms with E-state index in [1.54, 1.807) is 0 Å². The van der Waals surface area contributed by atoms with Crippen molar-refractivity contribution in [3.63, 3.8) is 0 Å². The number of aromatic carboxylic acids is 1. The van der Waals surface area contributed by atoms with Gasteiger partial charge >= 0.3 is 5.97 Å². The zero-order valence-electron chi connectivity index (χ0n) is 12.4. The van der Waals surface area contributed by atoms with Gasteiger partial charge in [-0.25, -0.2) is 4.79 Å². The maximum atomic E-state index is 11.3. The van der Waals surface area contributed by atoms with Gasteiger partial charge in [0.2, 0.25) is 0 Å². The molecule has 2 N–H and O–H groups in total. The van der Waals surface area contributed by atoms with Crippen LogP contribution >= 0.6 is 0 Å². The fraction of sp³-hybridized carbons (Fsp3) is 0.118. The number of benzene rings is 1. The minimum Gasteiger partial charge on any atom is -0.478 e. The van der Waals surface area contributed by atoms with Gasteiger partial charge in [-0.1, -0.05) is 12.1 Å². The first-order valence-corrected chi connectivity index (χ1v) is 7.22. The number of hydrogen-bond donors (Lipinski definition) is 2. The first-order chi connectivity index (χ1) is 11.1. The summed E-state index contributed by atoms with van der Waals surface area (Å²) >= 11 is 0. The Balaban J connectivity index is 1.75. The van der Waals surface area contributed by atoms with Crippen molar-refractivity contribution in [3.05, 3.63) is 59.5 Å². The van der Waals surface area contributed by atoms with Crippen LogP contribution < -0.4 is 0 Å². The number of carboxylic acid groups (broad SMARTS) is 1. The molecule has 0 amide bonds. The van der Waals surface area contributed by atoms with Gasteiger partial charge in [-0.15, -0.1) is 0 Å². The number of nitrogens with zero attached hydrogens (tertiary/aromatic N) is 3. The number of pyridine rings is 1. The molecule has 6 heteroatoms. The highest BCUT2D eigenvalue weighted by Crippen LogP contribution is 2.21.